The fourth-order valence-electron chi connectivity index (χ4n) is 3.61. The Labute approximate surface area is 193 Å². The maximum atomic E-state index is 13.9. The fraction of sp³-hybridized carbons (Fsp3) is 0.286. The number of aliphatic hydroxyl groups is 1. The van der Waals surface area contributed by atoms with Crippen molar-refractivity contribution in [2.45, 2.75) is 42.7 Å². The van der Waals surface area contributed by atoms with E-state index in [0.717, 1.165) is 0 Å². The van der Waals surface area contributed by atoms with Gasteiger partial charge in [0.25, 0.3) is 0 Å². The summed E-state index contributed by atoms with van der Waals surface area (Å²) in [5.41, 5.74) is 1.75. The van der Waals surface area contributed by atoms with Gasteiger partial charge in [0.05, 0.1) is 27.5 Å². The second-order valence-corrected chi connectivity index (χ2v) is 10.5. The largest absolute Gasteiger partial charge is 0.393 e. The van der Waals surface area contributed by atoms with E-state index in [9.17, 15) is 17.9 Å². The third-order valence-corrected chi connectivity index (χ3v) is 7.96. The van der Waals surface area contributed by atoms with Crippen LogP contribution in [0.15, 0.2) is 52.0 Å². The molecular formula is C21H20BrClFN3O3S. The average molecular weight is 529 g/mol. The minimum Gasteiger partial charge on any atom is -0.393 e. The van der Waals surface area contributed by atoms with Crippen LogP contribution in [-0.4, -0.2) is 35.6 Å². The third kappa shape index (κ3) is 5.01. The summed E-state index contributed by atoms with van der Waals surface area (Å²) in [4.78, 5) is 7.38. The van der Waals surface area contributed by atoms with Gasteiger partial charge in [-0.1, -0.05) is 17.7 Å². The number of imidazole rings is 1. The number of benzene rings is 2. The van der Waals surface area contributed by atoms with E-state index in [-0.39, 0.29) is 22.1 Å². The van der Waals surface area contributed by atoms with Gasteiger partial charge >= 0.3 is 0 Å². The zero-order valence-corrected chi connectivity index (χ0v) is 19.4. The Bertz CT molecular complexity index is 1210. The summed E-state index contributed by atoms with van der Waals surface area (Å²) in [5, 5.41) is 9.74. The Morgan fingerprint density at radius 2 is 1.84 bits per heavy atom. The number of aromatic nitrogens is 2. The SMILES string of the molecule is O=S(=O)(N[C@H]1CC[C@H](O)CC1)c1cc(-c2ncc(-c3ccc(Br)c(F)c3)[nH]2)ccc1Cl. The number of hydrogen-bond acceptors (Lipinski definition) is 4. The molecule has 4 rings (SSSR count). The van der Waals surface area contributed by atoms with E-state index >= 15 is 0 Å². The van der Waals surface area contributed by atoms with Crippen LogP contribution in [0.1, 0.15) is 25.7 Å². The van der Waals surface area contributed by atoms with Crippen molar-refractivity contribution in [2.75, 3.05) is 0 Å². The maximum absolute atomic E-state index is 13.9. The summed E-state index contributed by atoms with van der Waals surface area (Å²) in [5.74, 6) is 0.0436. The molecule has 0 atom stereocenters. The van der Waals surface area contributed by atoms with Gasteiger partial charge in [-0.2, -0.15) is 0 Å². The van der Waals surface area contributed by atoms with Crippen molar-refractivity contribution in [1.82, 2.24) is 14.7 Å². The van der Waals surface area contributed by atoms with Crippen molar-refractivity contribution in [3.8, 4) is 22.6 Å². The van der Waals surface area contributed by atoms with Gasteiger partial charge in [-0.15, -0.1) is 0 Å². The summed E-state index contributed by atoms with van der Waals surface area (Å²) in [6.07, 6.45) is 3.46. The van der Waals surface area contributed by atoms with Crippen LogP contribution in [0, 0.1) is 5.82 Å². The minimum atomic E-state index is -3.85. The van der Waals surface area contributed by atoms with Crippen LogP contribution in [0.3, 0.4) is 0 Å². The Morgan fingerprint density at radius 3 is 2.55 bits per heavy atom. The molecular weight excluding hydrogens is 509 g/mol. The first-order valence-corrected chi connectivity index (χ1v) is 12.4. The summed E-state index contributed by atoms with van der Waals surface area (Å²) >= 11 is 9.33. The van der Waals surface area contributed by atoms with Gasteiger partial charge < -0.3 is 10.1 Å². The molecule has 31 heavy (non-hydrogen) atoms. The van der Waals surface area contributed by atoms with E-state index in [1.807, 2.05) is 0 Å². The van der Waals surface area contributed by atoms with Crippen molar-refractivity contribution in [2.24, 2.45) is 0 Å². The van der Waals surface area contributed by atoms with Gasteiger partial charge in [-0.25, -0.2) is 22.5 Å². The molecule has 1 aliphatic carbocycles. The number of rotatable bonds is 5. The van der Waals surface area contributed by atoms with Crippen molar-refractivity contribution >= 4 is 37.6 Å². The van der Waals surface area contributed by atoms with Gasteiger partial charge in [0.1, 0.15) is 16.5 Å². The lowest BCUT2D eigenvalue weighted by atomic mass is 9.94. The van der Waals surface area contributed by atoms with E-state index < -0.39 is 15.8 Å². The van der Waals surface area contributed by atoms with Crippen molar-refractivity contribution in [3.05, 3.63) is 57.9 Å². The summed E-state index contributed by atoms with van der Waals surface area (Å²) < 4.78 is 42.8. The van der Waals surface area contributed by atoms with E-state index in [0.29, 0.717) is 52.8 Å². The van der Waals surface area contributed by atoms with Crippen LogP contribution in [-0.2, 0) is 10.0 Å². The number of halogens is 3. The number of hydrogen-bond donors (Lipinski definition) is 3. The first-order chi connectivity index (χ1) is 14.7. The smallest absolute Gasteiger partial charge is 0.242 e. The Morgan fingerprint density at radius 1 is 1.13 bits per heavy atom. The maximum Gasteiger partial charge on any atom is 0.242 e. The van der Waals surface area contributed by atoms with E-state index in [1.165, 1.54) is 18.2 Å². The molecule has 0 bridgehead atoms. The molecule has 1 saturated carbocycles. The quantitative estimate of drug-likeness (QED) is 0.440. The molecule has 0 radical (unpaired) electrons. The van der Waals surface area contributed by atoms with Crippen molar-refractivity contribution < 1.29 is 17.9 Å². The van der Waals surface area contributed by atoms with E-state index in [2.05, 4.69) is 30.6 Å². The Kier molecular flexibility index (Phi) is 6.50. The second-order valence-electron chi connectivity index (χ2n) is 7.55. The Balaban J connectivity index is 1.61. The van der Waals surface area contributed by atoms with Crippen LogP contribution in [0.25, 0.3) is 22.6 Å². The van der Waals surface area contributed by atoms with Crippen LogP contribution < -0.4 is 4.72 Å². The third-order valence-electron chi connectivity index (χ3n) is 5.32. The lowest BCUT2D eigenvalue weighted by Crippen LogP contribution is -2.38. The lowest BCUT2D eigenvalue weighted by molar-refractivity contribution is 0.120. The molecule has 1 aromatic heterocycles. The van der Waals surface area contributed by atoms with E-state index in [1.54, 1.807) is 24.4 Å². The molecule has 3 aromatic rings. The fourth-order valence-corrected chi connectivity index (χ4v) is 5.69. The van der Waals surface area contributed by atoms with Crippen molar-refractivity contribution in [3.63, 3.8) is 0 Å². The predicted molar refractivity (Wildman–Crippen MR) is 121 cm³/mol. The first kappa shape index (κ1) is 22.4. The summed E-state index contributed by atoms with van der Waals surface area (Å²) in [6, 6.07) is 9.13. The minimum absolute atomic E-state index is 0.0366. The van der Waals surface area contributed by atoms with Crippen LogP contribution >= 0.6 is 27.5 Å². The Hall–Kier alpha value is -1.78. The van der Waals surface area contributed by atoms with E-state index in [4.69, 9.17) is 11.6 Å². The first-order valence-electron chi connectivity index (χ1n) is 9.73. The highest BCUT2D eigenvalue weighted by Gasteiger charge is 2.26. The summed E-state index contributed by atoms with van der Waals surface area (Å²) in [7, 11) is -3.85. The lowest BCUT2D eigenvalue weighted by Gasteiger charge is -2.26. The number of sulfonamides is 1. The highest BCUT2D eigenvalue weighted by molar-refractivity contribution is 9.10. The average Bonchev–Trinajstić information content (AvgIpc) is 3.22. The number of nitrogens with one attached hydrogen (secondary N) is 2. The zero-order chi connectivity index (χ0) is 22.2. The molecule has 1 aliphatic rings. The molecule has 3 N–H and O–H groups in total. The van der Waals surface area contributed by atoms with Gasteiger partial charge in [0, 0.05) is 17.2 Å². The van der Waals surface area contributed by atoms with Crippen LogP contribution in [0.5, 0.6) is 0 Å². The molecule has 164 valence electrons. The second kappa shape index (κ2) is 8.99. The molecule has 0 spiro atoms. The topological polar surface area (TPSA) is 95.1 Å². The normalized spacial score (nSPS) is 19.5. The molecule has 6 nitrogen and oxygen atoms in total. The van der Waals surface area contributed by atoms with Crippen molar-refractivity contribution in [1.29, 1.82) is 0 Å². The predicted octanol–water partition coefficient (Wildman–Crippen LogP) is 4.88. The molecule has 10 heteroatoms. The standard InChI is InChI=1S/C21H20BrClFN3O3S/c22-16-7-1-12(9-18(16)24)19-11-25-21(26-19)13-2-8-17(23)20(10-13)31(29,30)27-14-3-5-15(28)6-4-14/h1-2,7-11,14-15,27-28H,3-6H2,(H,25,26)/t14-,15-. The van der Waals surface area contributed by atoms with Gasteiger partial charge in [0.2, 0.25) is 10.0 Å². The van der Waals surface area contributed by atoms with Gasteiger partial charge in [0.15, 0.2) is 0 Å². The van der Waals surface area contributed by atoms with Crippen LogP contribution in [0.4, 0.5) is 4.39 Å². The molecule has 0 amide bonds. The number of H-pyrrole nitrogens is 1. The highest BCUT2D eigenvalue weighted by atomic mass is 79.9. The number of nitrogens with zero attached hydrogens (tertiary/aromatic N) is 1. The number of aromatic amines is 1. The highest BCUT2D eigenvalue weighted by Crippen LogP contribution is 2.30. The van der Waals surface area contributed by atoms with Crippen LogP contribution in [0.2, 0.25) is 5.02 Å². The monoisotopic (exact) mass is 527 g/mol. The molecule has 1 heterocycles. The molecule has 0 aliphatic heterocycles. The zero-order valence-electron chi connectivity index (χ0n) is 16.3. The number of aliphatic hydroxyl groups excluding tert-OH is 1. The van der Waals surface area contributed by atoms with Gasteiger partial charge in [-0.05, 0) is 71.9 Å². The molecule has 0 unspecified atom stereocenters. The van der Waals surface area contributed by atoms with Gasteiger partial charge in [-0.3, -0.25) is 0 Å². The molecule has 1 fully saturated rings. The summed E-state index contributed by atoms with van der Waals surface area (Å²) in [6.45, 7) is 0. The molecule has 2 aromatic carbocycles. The molecule has 0 saturated heterocycles.